The number of nitrogens with one attached hydrogen (secondary N) is 2. The molecule has 0 radical (unpaired) electrons. The molecule has 0 aliphatic carbocycles. The molecule has 0 unspecified atom stereocenters. The first-order valence-electron chi connectivity index (χ1n) is 7.33. The number of hydrogen-bond donors (Lipinski definition) is 2. The average Bonchev–Trinajstić information content (AvgIpc) is 3.10. The number of carbonyl (C=O) groups is 2. The van der Waals surface area contributed by atoms with Gasteiger partial charge < -0.3 is 20.1 Å². The Kier molecular flexibility index (Phi) is 5.37. The molecular weight excluding hydrogens is 396 g/mol. The summed E-state index contributed by atoms with van der Waals surface area (Å²) in [6, 6.07) is 5.23. The summed E-state index contributed by atoms with van der Waals surface area (Å²) in [5.74, 6) is 0.877. The van der Waals surface area contributed by atoms with E-state index in [1.54, 1.807) is 23.6 Å². The molecule has 0 spiro atoms. The third-order valence-corrected chi connectivity index (χ3v) is 4.67. The number of thiophene rings is 1. The van der Waals surface area contributed by atoms with Gasteiger partial charge in [-0.1, -0.05) is 0 Å². The number of ether oxygens (including phenoxy) is 2. The summed E-state index contributed by atoms with van der Waals surface area (Å²) in [4.78, 5) is 23.8. The van der Waals surface area contributed by atoms with Crippen molar-refractivity contribution < 1.29 is 19.1 Å². The SMILES string of the molecule is O=C(CCNC(=O)c1ccsc1)Nc1cc2c(cc1Br)OCCO2. The van der Waals surface area contributed by atoms with Crippen LogP contribution in [0.2, 0.25) is 0 Å². The fourth-order valence-electron chi connectivity index (χ4n) is 2.16. The highest BCUT2D eigenvalue weighted by atomic mass is 79.9. The number of halogens is 1. The zero-order chi connectivity index (χ0) is 16.9. The van der Waals surface area contributed by atoms with Crippen LogP contribution in [0.3, 0.4) is 0 Å². The Morgan fingerprint density at radius 2 is 1.96 bits per heavy atom. The van der Waals surface area contributed by atoms with Crippen molar-refractivity contribution in [2.24, 2.45) is 0 Å². The lowest BCUT2D eigenvalue weighted by molar-refractivity contribution is -0.116. The lowest BCUT2D eigenvalue weighted by atomic mass is 10.2. The summed E-state index contributed by atoms with van der Waals surface area (Å²) in [7, 11) is 0. The molecule has 0 saturated heterocycles. The Morgan fingerprint density at radius 1 is 1.21 bits per heavy atom. The average molecular weight is 411 g/mol. The summed E-state index contributed by atoms with van der Waals surface area (Å²) in [6.45, 7) is 1.26. The van der Waals surface area contributed by atoms with E-state index in [1.807, 2.05) is 5.38 Å². The maximum atomic E-state index is 12.0. The van der Waals surface area contributed by atoms with Crippen LogP contribution in [0, 0.1) is 0 Å². The number of rotatable bonds is 5. The zero-order valence-electron chi connectivity index (χ0n) is 12.6. The molecule has 6 nitrogen and oxygen atoms in total. The molecule has 2 heterocycles. The molecule has 1 aliphatic heterocycles. The predicted molar refractivity (Wildman–Crippen MR) is 95.0 cm³/mol. The fraction of sp³-hybridized carbons (Fsp3) is 0.250. The standard InChI is InChI=1S/C16H15BrN2O4S/c17-11-7-13-14(23-5-4-22-13)8-12(11)19-15(20)1-3-18-16(21)10-2-6-24-9-10/h2,6-9H,1,3-5H2,(H,18,21)(H,19,20). The van der Waals surface area contributed by atoms with Crippen LogP contribution >= 0.6 is 27.3 Å². The Bertz CT molecular complexity index is 749. The predicted octanol–water partition coefficient (Wildman–Crippen LogP) is 3.04. The number of anilines is 1. The van der Waals surface area contributed by atoms with Gasteiger partial charge >= 0.3 is 0 Å². The smallest absolute Gasteiger partial charge is 0.252 e. The van der Waals surface area contributed by atoms with Gasteiger partial charge in [0.1, 0.15) is 13.2 Å². The van der Waals surface area contributed by atoms with Crippen molar-refractivity contribution in [2.75, 3.05) is 25.1 Å². The molecule has 0 fully saturated rings. The summed E-state index contributed by atoms with van der Waals surface area (Å²) in [5, 5.41) is 9.11. The maximum absolute atomic E-state index is 12.0. The highest BCUT2D eigenvalue weighted by molar-refractivity contribution is 9.10. The van der Waals surface area contributed by atoms with Crippen LogP contribution in [0.1, 0.15) is 16.8 Å². The summed E-state index contributed by atoms with van der Waals surface area (Å²) >= 11 is 4.86. The Morgan fingerprint density at radius 3 is 2.67 bits per heavy atom. The second-order valence-electron chi connectivity index (χ2n) is 5.04. The monoisotopic (exact) mass is 410 g/mol. The normalized spacial score (nSPS) is 12.5. The van der Waals surface area contributed by atoms with Gasteiger partial charge in [-0.25, -0.2) is 0 Å². The zero-order valence-corrected chi connectivity index (χ0v) is 15.0. The van der Waals surface area contributed by atoms with Crippen molar-refractivity contribution in [2.45, 2.75) is 6.42 Å². The van der Waals surface area contributed by atoms with Crippen LogP contribution in [0.4, 0.5) is 5.69 Å². The van der Waals surface area contributed by atoms with Crippen LogP contribution in [0.15, 0.2) is 33.4 Å². The van der Waals surface area contributed by atoms with Crippen LogP contribution < -0.4 is 20.1 Å². The molecule has 2 amide bonds. The third-order valence-electron chi connectivity index (χ3n) is 3.33. The van der Waals surface area contributed by atoms with Crippen LogP contribution in [-0.4, -0.2) is 31.6 Å². The first kappa shape index (κ1) is 16.8. The van der Waals surface area contributed by atoms with E-state index in [1.165, 1.54) is 11.3 Å². The van der Waals surface area contributed by atoms with E-state index >= 15 is 0 Å². The molecule has 2 aromatic rings. The second-order valence-corrected chi connectivity index (χ2v) is 6.68. The summed E-state index contributed by atoms with van der Waals surface area (Å²) < 4.78 is 11.7. The van der Waals surface area contributed by atoms with Crippen LogP contribution in [-0.2, 0) is 4.79 Å². The number of hydrogen-bond acceptors (Lipinski definition) is 5. The molecule has 2 N–H and O–H groups in total. The van der Waals surface area contributed by atoms with E-state index in [0.29, 0.717) is 40.4 Å². The van der Waals surface area contributed by atoms with Gasteiger partial charge in [-0.3, -0.25) is 9.59 Å². The Balaban J connectivity index is 1.52. The fourth-order valence-corrected chi connectivity index (χ4v) is 3.22. The van der Waals surface area contributed by atoms with Crippen LogP contribution in [0.25, 0.3) is 0 Å². The molecule has 126 valence electrons. The van der Waals surface area contributed by atoms with E-state index in [-0.39, 0.29) is 24.8 Å². The highest BCUT2D eigenvalue weighted by Crippen LogP contribution is 2.38. The van der Waals surface area contributed by atoms with E-state index in [0.717, 1.165) is 0 Å². The van der Waals surface area contributed by atoms with Gasteiger partial charge in [0, 0.05) is 40.5 Å². The van der Waals surface area contributed by atoms with Crippen molar-refractivity contribution in [3.8, 4) is 11.5 Å². The highest BCUT2D eigenvalue weighted by Gasteiger charge is 2.16. The van der Waals surface area contributed by atoms with E-state index in [4.69, 9.17) is 9.47 Å². The topological polar surface area (TPSA) is 76.7 Å². The lowest BCUT2D eigenvalue weighted by Gasteiger charge is -2.20. The molecular formula is C16H15BrN2O4S. The van der Waals surface area contributed by atoms with Crippen molar-refractivity contribution in [1.29, 1.82) is 0 Å². The maximum Gasteiger partial charge on any atom is 0.252 e. The van der Waals surface area contributed by atoms with E-state index < -0.39 is 0 Å². The van der Waals surface area contributed by atoms with Crippen LogP contribution in [0.5, 0.6) is 11.5 Å². The molecule has 8 heteroatoms. The van der Waals surface area contributed by atoms with E-state index in [9.17, 15) is 9.59 Å². The molecule has 1 aromatic carbocycles. The Hall–Kier alpha value is -2.06. The molecule has 3 rings (SSSR count). The summed E-state index contributed by atoms with van der Waals surface area (Å²) in [6.07, 6.45) is 0.177. The molecule has 24 heavy (non-hydrogen) atoms. The first-order chi connectivity index (χ1) is 11.6. The van der Waals surface area contributed by atoms with Gasteiger partial charge in [-0.2, -0.15) is 11.3 Å². The van der Waals surface area contributed by atoms with Gasteiger partial charge in [0.15, 0.2) is 11.5 Å². The number of fused-ring (bicyclic) bond motifs is 1. The first-order valence-corrected chi connectivity index (χ1v) is 9.06. The van der Waals surface area contributed by atoms with Crippen molar-refractivity contribution >= 4 is 44.8 Å². The molecule has 1 aromatic heterocycles. The van der Waals surface area contributed by atoms with Crippen molar-refractivity contribution in [1.82, 2.24) is 5.32 Å². The minimum atomic E-state index is -0.196. The second kappa shape index (κ2) is 7.67. The van der Waals surface area contributed by atoms with Crippen molar-refractivity contribution in [3.63, 3.8) is 0 Å². The van der Waals surface area contributed by atoms with Gasteiger partial charge in [-0.15, -0.1) is 0 Å². The minimum absolute atomic E-state index is 0.176. The lowest BCUT2D eigenvalue weighted by Crippen LogP contribution is -2.27. The minimum Gasteiger partial charge on any atom is -0.486 e. The third kappa shape index (κ3) is 4.07. The number of amides is 2. The molecule has 1 aliphatic rings. The van der Waals surface area contributed by atoms with Crippen molar-refractivity contribution in [3.05, 3.63) is 39.0 Å². The van der Waals surface area contributed by atoms with Gasteiger partial charge in [0.2, 0.25) is 5.91 Å². The summed E-state index contributed by atoms with van der Waals surface area (Å²) in [5.41, 5.74) is 1.21. The molecule has 0 bridgehead atoms. The Labute approximate surface area is 151 Å². The van der Waals surface area contributed by atoms with Gasteiger partial charge in [0.25, 0.3) is 5.91 Å². The van der Waals surface area contributed by atoms with E-state index in [2.05, 4.69) is 26.6 Å². The largest absolute Gasteiger partial charge is 0.486 e. The van der Waals surface area contributed by atoms with Gasteiger partial charge in [0.05, 0.1) is 5.69 Å². The quantitative estimate of drug-likeness (QED) is 0.793. The molecule has 0 atom stereocenters. The number of benzene rings is 1. The van der Waals surface area contributed by atoms with Gasteiger partial charge in [-0.05, 0) is 27.4 Å². The molecule has 0 saturated carbocycles. The number of carbonyl (C=O) groups excluding carboxylic acids is 2.